The predicted molar refractivity (Wildman–Crippen MR) is 83.0 cm³/mol. The molecule has 1 amide bonds. The summed E-state index contributed by atoms with van der Waals surface area (Å²) in [6.45, 7) is 3.50. The Morgan fingerprint density at radius 1 is 1.30 bits per heavy atom. The first-order chi connectivity index (χ1) is 9.65. The maximum atomic E-state index is 12.6. The highest BCUT2D eigenvalue weighted by atomic mass is 32.1. The molecule has 2 aromatic rings. The van der Waals surface area contributed by atoms with Crippen LogP contribution in [0.2, 0.25) is 0 Å². The zero-order valence-corrected chi connectivity index (χ0v) is 12.3. The minimum atomic E-state index is 0.114. The molecule has 0 radical (unpaired) electrons. The SMILES string of the molecule is Cc1ccc(-c2ccsc2C(=O)N2CC[C@@H](N)C2)cc1. The molecule has 0 saturated carbocycles. The summed E-state index contributed by atoms with van der Waals surface area (Å²) in [4.78, 5) is 15.3. The molecule has 20 heavy (non-hydrogen) atoms. The summed E-state index contributed by atoms with van der Waals surface area (Å²) in [6, 6.07) is 10.5. The molecule has 1 atom stereocenters. The fourth-order valence-electron chi connectivity index (χ4n) is 2.55. The normalized spacial score (nSPS) is 18.5. The third kappa shape index (κ3) is 2.49. The van der Waals surface area contributed by atoms with E-state index in [1.165, 1.54) is 16.9 Å². The lowest BCUT2D eigenvalue weighted by Crippen LogP contribution is -2.31. The van der Waals surface area contributed by atoms with Gasteiger partial charge in [-0.1, -0.05) is 29.8 Å². The quantitative estimate of drug-likeness (QED) is 0.922. The Hall–Kier alpha value is -1.65. The number of carbonyl (C=O) groups is 1. The highest BCUT2D eigenvalue weighted by molar-refractivity contribution is 7.12. The van der Waals surface area contributed by atoms with Gasteiger partial charge in [0.1, 0.15) is 0 Å². The topological polar surface area (TPSA) is 46.3 Å². The zero-order chi connectivity index (χ0) is 14.1. The fourth-order valence-corrected chi connectivity index (χ4v) is 3.43. The number of hydrogen-bond acceptors (Lipinski definition) is 3. The molecular weight excluding hydrogens is 268 g/mol. The number of nitrogens with two attached hydrogens (primary N) is 1. The number of amides is 1. The standard InChI is InChI=1S/C16H18N2OS/c1-11-2-4-12(5-3-11)14-7-9-20-15(14)16(19)18-8-6-13(17)10-18/h2-5,7,9,13H,6,8,10,17H2,1H3/t13-/m1/s1. The van der Waals surface area contributed by atoms with E-state index in [2.05, 4.69) is 31.2 Å². The summed E-state index contributed by atoms with van der Waals surface area (Å²) in [5.41, 5.74) is 9.24. The number of likely N-dealkylation sites (tertiary alicyclic amines) is 1. The van der Waals surface area contributed by atoms with E-state index in [0.29, 0.717) is 6.54 Å². The predicted octanol–water partition coefficient (Wildman–Crippen LogP) is 2.90. The lowest BCUT2D eigenvalue weighted by molar-refractivity contribution is 0.0796. The van der Waals surface area contributed by atoms with E-state index in [0.717, 1.165) is 29.0 Å². The first-order valence-corrected chi connectivity index (χ1v) is 7.72. The lowest BCUT2D eigenvalue weighted by atomic mass is 10.0. The molecular formula is C16H18N2OS. The van der Waals surface area contributed by atoms with E-state index >= 15 is 0 Å². The molecule has 3 rings (SSSR count). The average molecular weight is 286 g/mol. The largest absolute Gasteiger partial charge is 0.336 e. The Bertz CT molecular complexity index is 618. The molecule has 3 nitrogen and oxygen atoms in total. The molecule has 1 aromatic carbocycles. The number of carbonyl (C=O) groups excluding carboxylic acids is 1. The minimum absolute atomic E-state index is 0.114. The van der Waals surface area contributed by atoms with Gasteiger partial charge in [0.25, 0.3) is 5.91 Å². The maximum Gasteiger partial charge on any atom is 0.264 e. The van der Waals surface area contributed by atoms with Crippen LogP contribution in [-0.4, -0.2) is 29.9 Å². The van der Waals surface area contributed by atoms with Crippen molar-refractivity contribution in [2.75, 3.05) is 13.1 Å². The second-order valence-electron chi connectivity index (χ2n) is 5.33. The van der Waals surface area contributed by atoms with Crippen molar-refractivity contribution >= 4 is 17.2 Å². The molecule has 2 heterocycles. The number of aryl methyl sites for hydroxylation is 1. The number of thiophene rings is 1. The van der Waals surface area contributed by atoms with Gasteiger partial charge in [-0.2, -0.15) is 0 Å². The van der Waals surface area contributed by atoms with Crippen molar-refractivity contribution in [3.8, 4) is 11.1 Å². The van der Waals surface area contributed by atoms with E-state index in [9.17, 15) is 4.79 Å². The summed E-state index contributed by atoms with van der Waals surface area (Å²) in [5, 5.41) is 1.98. The summed E-state index contributed by atoms with van der Waals surface area (Å²) in [6.07, 6.45) is 0.900. The summed E-state index contributed by atoms with van der Waals surface area (Å²) < 4.78 is 0. The van der Waals surface area contributed by atoms with Crippen LogP contribution in [0.3, 0.4) is 0 Å². The van der Waals surface area contributed by atoms with Gasteiger partial charge in [0, 0.05) is 24.7 Å². The molecule has 1 aliphatic rings. The van der Waals surface area contributed by atoms with Gasteiger partial charge in [-0.05, 0) is 30.4 Å². The van der Waals surface area contributed by atoms with Crippen molar-refractivity contribution in [3.63, 3.8) is 0 Å². The molecule has 0 spiro atoms. The molecule has 2 N–H and O–H groups in total. The van der Waals surface area contributed by atoms with Crippen molar-refractivity contribution in [2.24, 2.45) is 5.73 Å². The van der Waals surface area contributed by atoms with Crippen LogP contribution < -0.4 is 5.73 Å². The Morgan fingerprint density at radius 2 is 2.05 bits per heavy atom. The molecule has 0 bridgehead atoms. The number of benzene rings is 1. The van der Waals surface area contributed by atoms with Crippen LogP contribution >= 0.6 is 11.3 Å². The lowest BCUT2D eigenvalue weighted by Gasteiger charge is -2.15. The fraction of sp³-hybridized carbons (Fsp3) is 0.312. The third-order valence-electron chi connectivity index (χ3n) is 3.73. The van der Waals surface area contributed by atoms with Gasteiger partial charge in [0.2, 0.25) is 0 Å². The Labute approximate surface area is 123 Å². The highest BCUT2D eigenvalue weighted by Crippen LogP contribution is 2.30. The van der Waals surface area contributed by atoms with Crippen molar-refractivity contribution < 1.29 is 4.79 Å². The van der Waals surface area contributed by atoms with Gasteiger partial charge in [-0.3, -0.25) is 4.79 Å². The van der Waals surface area contributed by atoms with Crippen LogP contribution in [0.4, 0.5) is 0 Å². The maximum absolute atomic E-state index is 12.6. The van der Waals surface area contributed by atoms with E-state index < -0.39 is 0 Å². The minimum Gasteiger partial charge on any atom is -0.336 e. The number of nitrogens with zero attached hydrogens (tertiary/aromatic N) is 1. The van der Waals surface area contributed by atoms with Crippen molar-refractivity contribution in [1.29, 1.82) is 0 Å². The highest BCUT2D eigenvalue weighted by Gasteiger charge is 2.27. The van der Waals surface area contributed by atoms with Crippen molar-refractivity contribution in [3.05, 3.63) is 46.2 Å². The number of hydrogen-bond donors (Lipinski definition) is 1. The van der Waals surface area contributed by atoms with Crippen LogP contribution in [0.25, 0.3) is 11.1 Å². The van der Waals surface area contributed by atoms with Crippen LogP contribution in [0.5, 0.6) is 0 Å². The van der Waals surface area contributed by atoms with Gasteiger partial charge >= 0.3 is 0 Å². The molecule has 1 saturated heterocycles. The summed E-state index contributed by atoms with van der Waals surface area (Å²) in [7, 11) is 0. The Balaban J connectivity index is 1.90. The van der Waals surface area contributed by atoms with Crippen LogP contribution in [0, 0.1) is 6.92 Å². The van der Waals surface area contributed by atoms with Gasteiger partial charge < -0.3 is 10.6 Å². The van der Waals surface area contributed by atoms with Crippen molar-refractivity contribution in [2.45, 2.75) is 19.4 Å². The Morgan fingerprint density at radius 3 is 2.70 bits per heavy atom. The molecule has 4 heteroatoms. The summed E-state index contributed by atoms with van der Waals surface area (Å²) in [5.74, 6) is 0.114. The van der Waals surface area contributed by atoms with Crippen LogP contribution in [0.15, 0.2) is 35.7 Å². The molecule has 0 aliphatic carbocycles. The van der Waals surface area contributed by atoms with Crippen molar-refractivity contribution in [1.82, 2.24) is 4.90 Å². The molecule has 1 fully saturated rings. The molecule has 1 aliphatic heterocycles. The van der Waals surface area contributed by atoms with E-state index in [4.69, 9.17) is 5.73 Å². The molecule has 104 valence electrons. The third-order valence-corrected chi connectivity index (χ3v) is 4.64. The second-order valence-corrected chi connectivity index (χ2v) is 6.25. The van der Waals surface area contributed by atoms with Crippen LogP contribution in [0.1, 0.15) is 21.7 Å². The molecule has 1 aromatic heterocycles. The van der Waals surface area contributed by atoms with Crippen LogP contribution in [-0.2, 0) is 0 Å². The van der Waals surface area contributed by atoms with E-state index in [-0.39, 0.29) is 11.9 Å². The van der Waals surface area contributed by atoms with Gasteiger partial charge in [-0.25, -0.2) is 0 Å². The molecule has 0 unspecified atom stereocenters. The van der Waals surface area contributed by atoms with E-state index in [1.54, 1.807) is 0 Å². The van der Waals surface area contributed by atoms with E-state index in [1.807, 2.05) is 16.3 Å². The van der Waals surface area contributed by atoms with Gasteiger partial charge in [0.15, 0.2) is 0 Å². The Kier molecular flexibility index (Phi) is 3.59. The monoisotopic (exact) mass is 286 g/mol. The zero-order valence-electron chi connectivity index (χ0n) is 11.5. The smallest absolute Gasteiger partial charge is 0.264 e. The van der Waals surface area contributed by atoms with Gasteiger partial charge in [0.05, 0.1) is 4.88 Å². The second kappa shape index (κ2) is 5.38. The summed E-state index contributed by atoms with van der Waals surface area (Å²) >= 11 is 1.51. The van der Waals surface area contributed by atoms with Gasteiger partial charge in [-0.15, -0.1) is 11.3 Å². The first-order valence-electron chi connectivity index (χ1n) is 6.84. The first kappa shape index (κ1) is 13.3. The number of rotatable bonds is 2. The average Bonchev–Trinajstić information content (AvgIpc) is 3.07.